The van der Waals surface area contributed by atoms with Crippen molar-refractivity contribution in [3.05, 3.63) is 41.6 Å². The van der Waals surface area contributed by atoms with Gasteiger partial charge in [0.2, 0.25) is 5.91 Å². The number of aromatic amines is 1. The molecule has 5 rings (SSSR count). The maximum atomic E-state index is 14.7. The monoisotopic (exact) mass is 499 g/mol. The minimum Gasteiger partial charge on any atom is -0.493 e. The zero-order valence-electron chi connectivity index (χ0n) is 19.8. The summed E-state index contributed by atoms with van der Waals surface area (Å²) >= 11 is 0. The number of halogens is 2. The highest BCUT2D eigenvalue weighted by molar-refractivity contribution is 6.09. The Bertz CT molecular complexity index is 1310. The van der Waals surface area contributed by atoms with E-state index in [0.717, 1.165) is 12.8 Å². The van der Waals surface area contributed by atoms with Crippen molar-refractivity contribution in [3.8, 4) is 17.0 Å². The molecule has 1 saturated carbocycles. The van der Waals surface area contributed by atoms with Gasteiger partial charge in [-0.2, -0.15) is 0 Å². The third kappa shape index (κ3) is 4.75. The fourth-order valence-corrected chi connectivity index (χ4v) is 4.54. The summed E-state index contributed by atoms with van der Waals surface area (Å²) in [5.41, 5.74) is 2.36. The van der Waals surface area contributed by atoms with Gasteiger partial charge < -0.3 is 25.0 Å². The SMILES string of the molecule is Cc1[nH]c2c(-c3cc(F)ccc3OCC3CC3)ncnc2c1C(=O)N[C@@H]1CCN(C(=O)CO)C[C@H]1F. The maximum Gasteiger partial charge on any atom is 0.255 e. The van der Waals surface area contributed by atoms with E-state index in [-0.39, 0.29) is 25.1 Å². The summed E-state index contributed by atoms with van der Waals surface area (Å²) in [7, 11) is 0. The van der Waals surface area contributed by atoms with Gasteiger partial charge in [-0.05, 0) is 50.3 Å². The van der Waals surface area contributed by atoms with Crippen molar-refractivity contribution in [1.29, 1.82) is 0 Å². The first-order valence-electron chi connectivity index (χ1n) is 11.9. The molecule has 2 atom stereocenters. The summed E-state index contributed by atoms with van der Waals surface area (Å²) in [6.07, 6.45) is 2.25. The standard InChI is InChI=1S/C25H27F2N5O4/c1-13-21(25(35)31-18-6-7-32(9-17(18)27)20(34)10-33)23-24(30-13)22(28-12-29-23)16-8-15(26)4-5-19(16)36-11-14-2-3-14/h4-5,8,12,14,17-18,30,33H,2-3,6-7,9-11H2,1H3,(H,31,35)/t17-,18-/m1/s1. The molecule has 9 nitrogen and oxygen atoms in total. The minimum atomic E-state index is -1.48. The van der Waals surface area contributed by atoms with Gasteiger partial charge in [0.15, 0.2) is 0 Å². The van der Waals surface area contributed by atoms with E-state index in [1.54, 1.807) is 13.0 Å². The predicted molar refractivity (Wildman–Crippen MR) is 127 cm³/mol. The average molecular weight is 500 g/mol. The number of likely N-dealkylation sites (tertiary alicyclic amines) is 1. The number of H-pyrrole nitrogens is 1. The van der Waals surface area contributed by atoms with E-state index in [4.69, 9.17) is 9.84 Å². The summed E-state index contributed by atoms with van der Waals surface area (Å²) in [4.78, 5) is 37.9. The van der Waals surface area contributed by atoms with Crippen LogP contribution in [0.25, 0.3) is 22.3 Å². The summed E-state index contributed by atoms with van der Waals surface area (Å²) in [6.45, 7) is 1.59. The molecule has 3 aromatic rings. The molecule has 190 valence electrons. The molecule has 0 radical (unpaired) electrons. The van der Waals surface area contributed by atoms with Crippen LogP contribution in [0.4, 0.5) is 8.78 Å². The number of nitrogens with one attached hydrogen (secondary N) is 2. The highest BCUT2D eigenvalue weighted by Crippen LogP contribution is 2.36. The number of amides is 2. The number of rotatable bonds is 7. The van der Waals surface area contributed by atoms with Gasteiger partial charge in [0, 0.05) is 17.8 Å². The normalized spacial score (nSPS) is 19.9. The number of hydrogen-bond acceptors (Lipinski definition) is 6. The van der Waals surface area contributed by atoms with Crippen LogP contribution in [0, 0.1) is 18.7 Å². The number of hydrogen-bond donors (Lipinski definition) is 3. The Morgan fingerprint density at radius 3 is 2.81 bits per heavy atom. The van der Waals surface area contributed by atoms with Crippen LogP contribution in [0.2, 0.25) is 0 Å². The number of piperidine rings is 1. The van der Waals surface area contributed by atoms with Gasteiger partial charge in [-0.15, -0.1) is 0 Å². The van der Waals surface area contributed by atoms with E-state index < -0.39 is 36.5 Å². The van der Waals surface area contributed by atoms with Gasteiger partial charge in [-0.1, -0.05) is 0 Å². The fraction of sp³-hybridized carbons (Fsp3) is 0.440. The van der Waals surface area contributed by atoms with Crippen LogP contribution in [0.1, 0.15) is 35.3 Å². The van der Waals surface area contributed by atoms with Crippen molar-refractivity contribution in [2.75, 3.05) is 26.3 Å². The van der Waals surface area contributed by atoms with Crippen LogP contribution in [-0.4, -0.2) is 75.3 Å². The van der Waals surface area contributed by atoms with Crippen molar-refractivity contribution in [1.82, 2.24) is 25.2 Å². The zero-order chi connectivity index (χ0) is 25.4. The van der Waals surface area contributed by atoms with E-state index in [0.29, 0.717) is 46.3 Å². The first-order chi connectivity index (χ1) is 17.4. The van der Waals surface area contributed by atoms with Gasteiger partial charge in [-0.25, -0.2) is 18.7 Å². The second-order valence-corrected chi connectivity index (χ2v) is 9.35. The average Bonchev–Trinajstić information content (AvgIpc) is 3.63. The summed E-state index contributed by atoms with van der Waals surface area (Å²) < 4.78 is 34.9. The van der Waals surface area contributed by atoms with Crippen molar-refractivity contribution >= 4 is 22.8 Å². The van der Waals surface area contributed by atoms with E-state index in [1.165, 1.54) is 23.4 Å². The lowest BCUT2D eigenvalue weighted by Gasteiger charge is -2.34. The second-order valence-electron chi connectivity index (χ2n) is 9.35. The molecular weight excluding hydrogens is 472 g/mol. The summed E-state index contributed by atoms with van der Waals surface area (Å²) in [5, 5.41) is 11.7. The number of ether oxygens (including phenoxy) is 1. The Balaban J connectivity index is 1.42. The topological polar surface area (TPSA) is 120 Å². The molecule has 2 amide bonds. The molecule has 3 heterocycles. The van der Waals surface area contributed by atoms with Crippen LogP contribution in [-0.2, 0) is 4.79 Å². The highest BCUT2D eigenvalue weighted by atomic mass is 19.1. The fourth-order valence-electron chi connectivity index (χ4n) is 4.54. The quantitative estimate of drug-likeness (QED) is 0.460. The van der Waals surface area contributed by atoms with Crippen LogP contribution in [0.5, 0.6) is 5.75 Å². The lowest BCUT2D eigenvalue weighted by Crippen LogP contribution is -2.54. The van der Waals surface area contributed by atoms with Gasteiger partial charge >= 0.3 is 0 Å². The Morgan fingerprint density at radius 2 is 2.08 bits per heavy atom. The number of carbonyl (C=O) groups excluding carboxylic acids is 2. The van der Waals surface area contributed by atoms with Gasteiger partial charge in [0.25, 0.3) is 5.91 Å². The lowest BCUT2D eigenvalue weighted by atomic mass is 10.0. The molecule has 1 aromatic carbocycles. The number of aliphatic hydroxyl groups excluding tert-OH is 1. The third-order valence-corrected chi connectivity index (χ3v) is 6.71. The number of aromatic nitrogens is 3. The Hall–Kier alpha value is -3.60. The molecule has 2 aromatic heterocycles. The van der Waals surface area contributed by atoms with Gasteiger partial charge in [-0.3, -0.25) is 9.59 Å². The van der Waals surface area contributed by atoms with E-state index in [9.17, 15) is 18.4 Å². The molecule has 1 aliphatic carbocycles. The molecular formula is C25H27F2N5O4. The molecule has 0 bridgehead atoms. The van der Waals surface area contributed by atoms with Crippen LogP contribution in [0.3, 0.4) is 0 Å². The smallest absolute Gasteiger partial charge is 0.255 e. The first-order valence-corrected chi connectivity index (χ1v) is 11.9. The van der Waals surface area contributed by atoms with Crippen LogP contribution >= 0.6 is 0 Å². The van der Waals surface area contributed by atoms with Crippen molar-refractivity contribution in [2.45, 2.75) is 38.4 Å². The van der Waals surface area contributed by atoms with Crippen molar-refractivity contribution < 1.29 is 28.2 Å². The molecule has 2 aliphatic rings. The molecule has 36 heavy (non-hydrogen) atoms. The number of aryl methyl sites for hydroxylation is 1. The molecule has 3 N–H and O–H groups in total. The number of aliphatic hydroxyl groups is 1. The third-order valence-electron chi connectivity index (χ3n) is 6.71. The minimum absolute atomic E-state index is 0.202. The molecule has 2 fully saturated rings. The Morgan fingerprint density at radius 1 is 1.28 bits per heavy atom. The Labute approximate surface area is 205 Å². The van der Waals surface area contributed by atoms with Crippen LogP contribution in [0.15, 0.2) is 24.5 Å². The van der Waals surface area contributed by atoms with Gasteiger partial charge in [0.1, 0.15) is 41.9 Å². The van der Waals surface area contributed by atoms with Crippen LogP contribution < -0.4 is 10.1 Å². The molecule has 11 heteroatoms. The van der Waals surface area contributed by atoms with E-state index in [1.807, 2.05) is 0 Å². The van der Waals surface area contributed by atoms with E-state index in [2.05, 4.69) is 20.3 Å². The maximum absolute atomic E-state index is 14.7. The number of benzene rings is 1. The number of fused-ring (bicyclic) bond motifs is 1. The molecule has 0 spiro atoms. The predicted octanol–water partition coefficient (Wildman–Crippen LogP) is 2.52. The molecule has 1 aliphatic heterocycles. The van der Waals surface area contributed by atoms with E-state index >= 15 is 0 Å². The number of alkyl halides is 1. The lowest BCUT2D eigenvalue weighted by molar-refractivity contribution is -0.136. The molecule has 1 saturated heterocycles. The number of nitrogens with zero attached hydrogens (tertiary/aromatic N) is 3. The largest absolute Gasteiger partial charge is 0.493 e. The zero-order valence-corrected chi connectivity index (χ0v) is 19.8. The number of carbonyl (C=O) groups is 2. The highest BCUT2D eigenvalue weighted by Gasteiger charge is 2.33. The second kappa shape index (κ2) is 9.81. The summed E-state index contributed by atoms with van der Waals surface area (Å²) in [5.74, 6) is -0.508. The van der Waals surface area contributed by atoms with Gasteiger partial charge in [0.05, 0.1) is 30.3 Å². The van der Waals surface area contributed by atoms with Crippen molar-refractivity contribution in [3.63, 3.8) is 0 Å². The van der Waals surface area contributed by atoms with Crippen molar-refractivity contribution in [2.24, 2.45) is 5.92 Å². The Kier molecular flexibility index (Phi) is 6.57. The summed E-state index contributed by atoms with van der Waals surface area (Å²) in [6, 6.07) is 3.45. The molecule has 0 unspecified atom stereocenters. The first kappa shape index (κ1) is 24.1.